The Hall–Kier alpha value is -2.48. The van der Waals surface area contributed by atoms with Gasteiger partial charge in [0.05, 0.1) is 10.2 Å². The fraction of sp³-hybridized carbons (Fsp3) is 0. The van der Waals surface area contributed by atoms with Gasteiger partial charge < -0.3 is 41.1 Å². The third kappa shape index (κ3) is 13.6. The summed E-state index contributed by atoms with van der Waals surface area (Å²) < 4.78 is 1.55. The van der Waals surface area contributed by atoms with Crippen molar-refractivity contribution in [3.8, 4) is 0 Å². The molecule has 2 aromatic rings. The molecule has 12 nitrogen and oxygen atoms in total. The average Bonchev–Trinajstić information content (AvgIpc) is 2.47. The van der Waals surface area contributed by atoms with E-state index in [1.54, 1.807) is 36.4 Å². The summed E-state index contributed by atoms with van der Waals surface area (Å²) in [5, 5.41) is 53.3. The van der Waals surface area contributed by atoms with E-state index in [0.717, 1.165) is 9.46 Å². The van der Waals surface area contributed by atoms with Crippen molar-refractivity contribution < 1.29 is 36.7 Å². The summed E-state index contributed by atoms with van der Waals surface area (Å²) in [6.45, 7) is 0. The van der Waals surface area contributed by atoms with Crippen LogP contribution in [0.2, 0.25) is 0 Å². The molecule has 0 atom stereocenters. The molecule has 2 aromatic heterocycles. The molecule has 0 N–H and O–H groups in total. The molecule has 2 rings (SSSR count). The molecule has 0 aliphatic rings. The zero-order valence-corrected chi connectivity index (χ0v) is 14.6. The molecule has 15 heteroatoms. The second-order valence-electron chi connectivity index (χ2n) is 3.34. The number of hydrogen-bond donors (Lipinski definition) is 0. The van der Waals surface area contributed by atoms with Crippen molar-refractivity contribution in [2.45, 2.75) is 10.1 Å². The third-order valence-electron chi connectivity index (χ3n) is 1.79. The smallest absolute Gasteiger partial charge is 0.618 e. The standard InChI is InChI=1S/C10H8N2O2S2.Fe.2NO3/c13-11-7-3-1-5-9(11)15-16-10-6-2-4-8-12(10)14;;2*2-1(3)4/h1-8H;;;/q;+2;2*-1. The van der Waals surface area contributed by atoms with Gasteiger partial charge in [-0.15, -0.1) is 0 Å². The maximum absolute atomic E-state index is 11.3. The summed E-state index contributed by atoms with van der Waals surface area (Å²) in [5.74, 6) is 0. The Kier molecular flexibility index (Phi) is 13.8. The predicted molar refractivity (Wildman–Crippen MR) is 83.2 cm³/mol. The van der Waals surface area contributed by atoms with E-state index >= 15 is 0 Å². The average molecular weight is 432 g/mol. The molecule has 0 bridgehead atoms. The van der Waals surface area contributed by atoms with Gasteiger partial charge in [0.1, 0.15) is 0 Å². The number of rotatable bonds is 3. The van der Waals surface area contributed by atoms with Crippen LogP contribution in [0.5, 0.6) is 0 Å². The van der Waals surface area contributed by atoms with E-state index in [2.05, 4.69) is 0 Å². The molecule has 0 aliphatic heterocycles. The summed E-state index contributed by atoms with van der Waals surface area (Å²) in [4.78, 5) is 16.5. The maximum Gasteiger partial charge on any atom is 2.00 e. The second-order valence-corrected chi connectivity index (χ2v) is 5.51. The van der Waals surface area contributed by atoms with Gasteiger partial charge in [-0.3, -0.25) is 0 Å². The summed E-state index contributed by atoms with van der Waals surface area (Å²) in [5.41, 5.74) is 0. The van der Waals surface area contributed by atoms with Crippen molar-refractivity contribution >= 4 is 21.6 Å². The quantitative estimate of drug-likeness (QED) is 0.171. The van der Waals surface area contributed by atoms with Crippen molar-refractivity contribution in [2.24, 2.45) is 0 Å². The predicted octanol–water partition coefficient (Wildman–Crippen LogP) is 1.27. The van der Waals surface area contributed by atoms with E-state index in [0.29, 0.717) is 10.1 Å². The Morgan fingerprint density at radius 1 is 0.720 bits per heavy atom. The summed E-state index contributed by atoms with van der Waals surface area (Å²) in [7, 11) is 2.52. The van der Waals surface area contributed by atoms with E-state index in [1.807, 2.05) is 0 Å². The maximum atomic E-state index is 11.3. The van der Waals surface area contributed by atoms with Crippen LogP contribution < -0.4 is 9.46 Å². The van der Waals surface area contributed by atoms with Gasteiger partial charge in [-0.05, 0) is 12.1 Å². The molecule has 0 radical (unpaired) electrons. The fourth-order valence-corrected chi connectivity index (χ4v) is 3.03. The first-order chi connectivity index (χ1) is 11.2. The van der Waals surface area contributed by atoms with Gasteiger partial charge in [-0.1, -0.05) is 0 Å². The minimum absolute atomic E-state index is 0. The zero-order chi connectivity index (χ0) is 18.5. The monoisotopic (exact) mass is 432 g/mol. The largest absolute Gasteiger partial charge is 2.00 e. The van der Waals surface area contributed by atoms with Crippen molar-refractivity contribution in [3.63, 3.8) is 0 Å². The first-order valence-corrected chi connectivity index (χ1v) is 7.73. The molecule has 0 aromatic carbocycles. The van der Waals surface area contributed by atoms with Gasteiger partial charge in [-0.25, -0.2) is 0 Å². The summed E-state index contributed by atoms with van der Waals surface area (Å²) >= 11 is 0. The molecule has 0 unspecified atom stereocenters. The van der Waals surface area contributed by atoms with Gasteiger partial charge in [0.25, 0.3) is 10.1 Å². The Balaban J connectivity index is 0. The molecule has 0 fully saturated rings. The van der Waals surface area contributed by atoms with E-state index in [-0.39, 0.29) is 17.1 Å². The van der Waals surface area contributed by atoms with Crippen molar-refractivity contribution in [1.29, 1.82) is 0 Å². The summed E-state index contributed by atoms with van der Waals surface area (Å²) in [6, 6.07) is 10.3. The molecule has 0 saturated carbocycles. The minimum Gasteiger partial charge on any atom is -0.618 e. The van der Waals surface area contributed by atoms with E-state index < -0.39 is 10.2 Å². The van der Waals surface area contributed by atoms with Crippen LogP contribution in [0, 0.1) is 41.1 Å². The number of nitrogens with zero attached hydrogens (tertiary/aromatic N) is 4. The first kappa shape index (κ1) is 24.8. The molecule has 25 heavy (non-hydrogen) atoms. The minimum atomic E-state index is -1.75. The van der Waals surface area contributed by atoms with Gasteiger partial charge >= 0.3 is 17.1 Å². The van der Waals surface area contributed by atoms with Crippen molar-refractivity contribution in [2.75, 3.05) is 0 Å². The molecule has 0 amide bonds. The van der Waals surface area contributed by atoms with E-state index in [1.165, 1.54) is 34.0 Å². The van der Waals surface area contributed by atoms with Crippen LogP contribution in [0.25, 0.3) is 0 Å². The normalized spacial score (nSPS) is 8.48. The van der Waals surface area contributed by atoms with Crippen LogP contribution in [0.4, 0.5) is 0 Å². The van der Waals surface area contributed by atoms with Crippen molar-refractivity contribution in [1.82, 2.24) is 0 Å². The van der Waals surface area contributed by atoms with Gasteiger partial charge in [0, 0.05) is 45.9 Å². The zero-order valence-electron chi connectivity index (χ0n) is 11.8. The molecule has 0 aliphatic carbocycles. The van der Waals surface area contributed by atoms with Crippen LogP contribution in [0.15, 0.2) is 58.8 Å². The Morgan fingerprint density at radius 2 is 1.00 bits per heavy atom. The van der Waals surface area contributed by atoms with Crippen LogP contribution in [0.3, 0.4) is 0 Å². The van der Waals surface area contributed by atoms with Crippen LogP contribution in [-0.2, 0) is 17.1 Å². The van der Waals surface area contributed by atoms with Gasteiger partial charge in [0.15, 0.2) is 12.4 Å². The molecule has 0 spiro atoms. The fourth-order valence-electron chi connectivity index (χ4n) is 1.04. The topological polar surface area (TPSA) is 186 Å². The molecule has 136 valence electrons. The SMILES string of the molecule is O=[N+]([O-])[O-].O=[N+]([O-])[O-].[Fe+2].[O-][n+]1ccccc1SSc1cccc[n+]1[O-]. The first-order valence-electron chi connectivity index (χ1n) is 5.58. The van der Waals surface area contributed by atoms with Gasteiger partial charge in [0.2, 0.25) is 0 Å². The van der Waals surface area contributed by atoms with Crippen LogP contribution in [-0.4, -0.2) is 10.2 Å². The molecular formula is C10H8FeN4O8S2. The van der Waals surface area contributed by atoms with E-state index in [9.17, 15) is 10.4 Å². The van der Waals surface area contributed by atoms with Crippen LogP contribution in [0.1, 0.15) is 0 Å². The second kappa shape index (κ2) is 13.9. The van der Waals surface area contributed by atoms with Gasteiger partial charge in [-0.2, -0.15) is 9.46 Å². The number of hydrogen-bond acceptors (Lipinski definition) is 10. The Labute approximate surface area is 158 Å². The molecular weight excluding hydrogens is 424 g/mol. The Morgan fingerprint density at radius 3 is 1.24 bits per heavy atom. The van der Waals surface area contributed by atoms with E-state index in [4.69, 9.17) is 30.6 Å². The molecule has 2 heterocycles. The number of pyridine rings is 2. The third-order valence-corrected chi connectivity index (χ3v) is 4.12. The van der Waals surface area contributed by atoms with Crippen molar-refractivity contribution in [3.05, 3.63) is 89.8 Å². The van der Waals surface area contributed by atoms with Crippen LogP contribution >= 0.6 is 21.6 Å². The molecule has 0 saturated heterocycles. The Bertz CT molecular complexity index is 615. The number of aromatic nitrogens is 2. The summed E-state index contributed by atoms with van der Waals surface area (Å²) in [6.07, 6.45) is 2.86.